The lowest BCUT2D eigenvalue weighted by atomic mass is 10.2. The maximum absolute atomic E-state index is 12.7. The lowest BCUT2D eigenvalue weighted by molar-refractivity contribution is -0.141. The molecule has 0 aliphatic carbocycles. The Morgan fingerprint density at radius 3 is 2.42 bits per heavy atom. The van der Waals surface area contributed by atoms with Crippen molar-refractivity contribution in [3.05, 3.63) is 66.1 Å². The predicted molar refractivity (Wildman–Crippen MR) is 77.7 cm³/mol. The molecular formula is C15H10F6N4O. The van der Waals surface area contributed by atoms with E-state index in [-0.39, 0.29) is 11.6 Å². The Hall–Kier alpha value is -3.11. The smallest absolute Gasteiger partial charge is 0.360 e. The number of allylic oxidation sites excluding steroid dienone is 2. The number of nitrogens with zero attached hydrogens (tertiary/aromatic N) is 3. The summed E-state index contributed by atoms with van der Waals surface area (Å²) in [6.07, 6.45) is -3.86. The highest BCUT2D eigenvalue weighted by Crippen LogP contribution is 2.31. The molecule has 1 aromatic heterocycles. The van der Waals surface area contributed by atoms with Gasteiger partial charge in [-0.1, -0.05) is 6.07 Å². The first-order valence-electron chi connectivity index (χ1n) is 7.06. The molecule has 1 aromatic carbocycles. The molecule has 0 bridgehead atoms. The van der Waals surface area contributed by atoms with Crippen LogP contribution in [0.15, 0.2) is 54.9 Å². The molecule has 2 aromatic rings. The van der Waals surface area contributed by atoms with E-state index in [0.717, 1.165) is 34.2 Å². The zero-order chi connectivity index (χ0) is 18.9. The summed E-state index contributed by atoms with van der Waals surface area (Å²) in [7, 11) is 0. The highest BCUT2D eigenvalue weighted by Gasteiger charge is 2.34. The number of hydrogen-bond donors (Lipinski definition) is 1. The van der Waals surface area contributed by atoms with Crippen molar-refractivity contribution < 1.29 is 31.2 Å². The van der Waals surface area contributed by atoms with Crippen molar-refractivity contribution in [2.45, 2.75) is 12.4 Å². The molecule has 138 valence electrons. The van der Waals surface area contributed by atoms with Crippen molar-refractivity contribution in [3.8, 4) is 5.75 Å². The first-order valence-corrected chi connectivity index (χ1v) is 7.06. The van der Waals surface area contributed by atoms with Crippen LogP contribution in [0.1, 0.15) is 11.3 Å². The number of halogens is 6. The first-order chi connectivity index (χ1) is 12.1. The van der Waals surface area contributed by atoms with Crippen LogP contribution in [0.4, 0.5) is 26.3 Å². The number of rotatable bonds is 3. The lowest BCUT2D eigenvalue weighted by Crippen LogP contribution is -2.38. The standard InChI is InChI=1S/C15H10F6N4O/c16-14(17,18)10-3-1-4-11(9-10)26-25-7-2-5-13(23-25)24-8-6-12(22-24)15(19,20)21/h1-9,23H. The number of aromatic nitrogens is 2. The number of hydrogen-bond acceptors (Lipinski definition) is 4. The van der Waals surface area contributed by atoms with Crippen molar-refractivity contribution in [2.75, 3.05) is 0 Å². The van der Waals surface area contributed by atoms with E-state index in [0.29, 0.717) is 0 Å². The second kappa shape index (κ2) is 6.32. The molecular weight excluding hydrogens is 366 g/mol. The summed E-state index contributed by atoms with van der Waals surface area (Å²) in [5, 5.41) is 4.33. The van der Waals surface area contributed by atoms with Gasteiger partial charge in [0.25, 0.3) is 0 Å². The predicted octanol–water partition coefficient (Wildman–Crippen LogP) is 4.05. The summed E-state index contributed by atoms with van der Waals surface area (Å²) in [6.45, 7) is 0. The van der Waals surface area contributed by atoms with E-state index in [4.69, 9.17) is 4.84 Å². The monoisotopic (exact) mass is 376 g/mol. The first kappa shape index (κ1) is 17.7. The van der Waals surface area contributed by atoms with Crippen molar-refractivity contribution in [1.82, 2.24) is 20.4 Å². The molecule has 0 saturated heterocycles. The maximum atomic E-state index is 12.7. The molecule has 0 spiro atoms. The van der Waals surface area contributed by atoms with Gasteiger partial charge < -0.3 is 4.84 Å². The third-order valence-corrected chi connectivity index (χ3v) is 3.19. The fourth-order valence-electron chi connectivity index (χ4n) is 2.03. The summed E-state index contributed by atoms with van der Waals surface area (Å²) in [6, 6.07) is 4.95. The van der Waals surface area contributed by atoms with Gasteiger partial charge in [-0.05, 0) is 36.4 Å². The Morgan fingerprint density at radius 2 is 1.77 bits per heavy atom. The maximum Gasteiger partial charge on any atom is 0.435 e. The van der Waals surface area contributed by atoms with E-state index >= 15 is 0 Å². The number of hydrazine groups is 1. The summed E-state index contributed by atoms with van der Waals surface area (Å²) in [5.41, 5.74) is 0.600. The molecule has 26 heavy (non-hydrogen) atoms. The van der Waals surface area contributed by atoms with Crippen LogP contribution < -0.4 is 10.3 Å². The minimum atomic E-state index is -4.59. The molecule has 5 nitrogen and oxygen atoms in total. The second-order valence-electron chi connectivity index (χ2n) is 5.09. The minimum Gasteiger partial charge on any atom is -0.360 e. The molecule has 1 N–H and O–H groups in total. The number of nitrogens with one attached hydrogen (secondary N) is 1. The van der Waals surface area contributed by atoms with Crippen LogP contribution in [0.2, 0.25) is 0 Å². The Kier molecular flexibility index (Phi) is 4.30. The van der Waals surface area contributed by atoms with Gasteiger partial charge >= 0.3 is 12.4 Å². The zero-order valence-corrected chi connectivity index (χ0v) is 12.7. The van der Waals surface area contributed by atoms with Crippen molar-refractivity contribution in [2.24, 2.45) is 0 Å². The van der Waals surface area contributed by atoms with E-state index in [9.17, 15) is 26.3 Å². The van der Waals surface area contributed by atoms with Gasteiger partial charge in [-0.2, -0.15) is 31.4 Å². The van der Waals surface area contributed by atoms with Crippen molar-refractivity contribution >= 4 is 5.82 Å². The van der Waals surface area contributed by atoms with Crippen molar-refractivity contribution in [3.63, 3.8) is 0 Å². The molecule has 1 aliphatic heterocycles. The Labute approximate surface area is 142 Å². The molecule has 11 heteroatoms. The Morgan fingerprint density at radius 1 is 1.00 bits per heavy atom. The summed E-state index contributed by atoms with van der Waals surface area (Å²) in [5.74, 6) is -0.00959. The van der Waals surface area contributed by atoms with E-state index in [1.807, 2.05) is 0 Å². The van der Waals surface area contributed by atoms with E-state index in [1.165, 1.54) is 30.5 Å². The van der Waals surface area contributed by atoms with Gasteiger partial charge in [0.1, 0.15) is 5.82 Å². The summed E-state index contributed by atoms with van der Waals surface area (Å²) < 4.78 is 76.9. The molecule has 0 atom stereocenters. The molecule has 3 rings (SSSR count). The quantitative estimate of drug-likeness (QED) is 0.821. The van der Waals surface area contributed by atoms with Gasteiger partial charge in [0.15, 0.2) is 11.4 Å². The van der Waals surface area contributed by atoms with Crippen LogP contribution >= 0.6 is 0 Å². The van der Waals surface area contributed by atoms with Crippen LogP contribution in [-0.2, 0) is 12.4 Å². The topological polar surface area (TPSA) is 42.3 Å². The Balaban J connectivity index is 1.72. The Bertz CT molecular complexity index is 852. The van der Waals surface area contributed by atoms with Crippen LogP contribution in [0, 0.1) is 0 Å². The molecule has 0 unspecified atom stereocenters. The van der Waals surface area contributed by atoms with Gasteiger partial charge in [-0.25, -0.2) is 10.1 Å². The van der Waals surface area contributed by atoms with Gasteiger partial charge in [-0.15, -0.1) is 5.17 Å². The molecule has 0 fully saturated rings. The van der Waals surface area contributed by atoms with Crippen molar-refractivity contribution in [1.29, 1.82) is 0 Å². The average Bonchev–Trinajstić information content (AvgIpc) is 3.05. The summed E-state index contributed by atoms with van der Waals surface area (Å²) >= 11 is 0. The number of benzene rings is 1. The molecule has 0 saturated carbocycles. The fourth-order valence-corrected chi connectivity index (χ4v) is 2.03. The fraction of sp³-hybridized carbons (Fsp3) is 0.133. The average molecular weight is 376 g/mol. The van der Waals surface area contributed by atoms with E-state index in [2.05, 4.69) is 10.5 Å². The van der Waals surface area contributed by atoms with Gasteiger partial charge in [0, 0.05) is 6.20 Å². The molecule has 2 heterocycles. The molecule has 0 radical (unpaired) electrons. The third-order valence-electron chi connectivity index (χ3n) is 3.19. The number of hydroxylamine groups is 1. The molecule has 1 aliphatic rings. The van der Waals surface area contributed by atoms with Crippen LogP contribution in [0.3, 0.4) is 0 Å². The minimum absolute atomic E-state index is 0.106. The van der Waals surface area contributed by atoms with E-state index in [1.54, 1.807) is 0 Å². The number of alkyl halides is 6. The van der Waals surface area contributed by atoms with Crippen LogP contribution in [-0.4, -0.2) is 15.0 Å². The normalized spacial score (nSPS) is 14.8. The second-order valence-corrected chi connectivity index (χ2v) is 5.09. The van der Waals surface area contributed by atoms with Gasteiger partial charge in [0.2, 0.25) is 0 Å². The SMILES string of the molecule is FC(F)(F)c1cccc(ON2C=CC=C(n3ccc(C(F)(F)F)n3)N2)c1. The molecule has 0 amide bonds. The lowest BCUT2D eigenvalue weighted by Gasteiger charge is -2.25. The highest BCUT2D eigenvalue weighted by molar-refractivity contribution is 5.46. The summed E-state index contributed by atoms with van der Waals surface area (Å²) in [4.78, 5) is 5.25. The van der Waals surface area contributed by atoms with Gasteiger partial charge in [0.05, 0.1) is 11.8 Å². The zero-order valence-electron chi connectivity index (χ0n) is 12.7. The van der Waals surface area contributed by atoms with Gasteiger partial charge in [-0.3, -0.25) is 0 Å². The largest absolute Gasteiger partial charge is 0.435 e. The third kappa shape index (κ3) is 3.92. The van der Waals surface area contributed by atoms with E-state index < -0.39 is 23.6 Å². The van der Waals surface area contributed by atoms with Crippen LogP contribution in [0.5, 0.6) is 5.75 Å². The van der Waals surface area contributed by atoms with Crippen LogP contribution in [0.25, 0.3) is 5.82 Å². The highest BCUT2D eigenvalue weighted by atomic mass is 19.4.